The summed E-state index contributed by atoms with van der Waals surface area (Å²) in [6.45, 7) is 4.20. The molecule has 2 nitrogen and oxygen atoms in total. The van der Waals surface area contributed by atoms with Crippen molar-refractivity contribution < 1.29 is 4.21 Å². The van der Waals surface area contributed by atoms with Crippen LogP contribution in [-0.2, 0) is 9.73 Å². The van der Waals surface area contributed by atoms with Crippen molar-refractivity contribution in [2.45, 2.75) is 24.7 Å². The molecular weight excluding hydrogens is 194 g/mol. The molecule has 0 radical (unpaired) electrons. The molecule has 0 N–H and O–H groups in total. The van der Waals surface area contributed by atoms with Crippen LogP contribution in [-0.4, -0.2) is 17.5 Å². The maximum absolute atomic E-state index is 12.1. The van der Waals surface area contributed by atoms with Gasteiger partial charge in [0.05, 0.1) is 14.6 Å². The highest BCUT2D eigenvalue weighted by atomic mass is 32.2. The summed E-state index contributed by atoms with van der Waals surface area (Å²) in [5.41, 5.74) is 1.13. The first-order valence-corrected chi connectivity index (χ1v) is 6.60. The average Bonchev–Trinajstić information content (AvgIpc) is 2.18. The summed E-state index contributed by atoms with van der Waals surface area (Å²) in [5.74, 6) is 0.383. The van der Waals surface area contributed by atoms with E-state index in [9.17, 15) is 4.21 Å². The van der Waals surface area contributed by atoms with Crippen molar-refractivity contribution >= 4 is 9.73 Å². The number of hydrogen-bond acceptors (Lipinski definition) is 2. The number of hydrogen-bond donors (Lipinski definition) is 0. The molecule has 78 valence electrons. The summed E-state index contributed by atoms with van der Waals surface area (Å²) >= 11 is 0. The summed E-state index contributed by atoms with van der Waals surface area (Å²) in [6.07, 6.45) is 1.69. The topological polar surface area (TPSA) is 29.4 Å². The van der Waals surface area contributed by atoms with Gasteiger partial charge in [-0.1, -0.05) is 32.0 Å². The second kappa shape index (κ2) is 4.13. The third kappa shape index (κ3) is 2.15. The molecule has 0 saturated heterocycles. The van der Waals surface area contributed by atoms with Crippen LogP contribution in [0.2, 0.25) is 0 Å². The zero-order valence-corrected chi connectivity index (χ0v) is 9.97. The Morgan fingerprint density at radius 2 is 1.86 bits per heavy atom. The van der Waals surface area contributed by atoms with Crippen molar-refractivity contribution in [1.29, 1.82) is 0 Å². The second-order valence-electron chi connectivity index (χ2n) is 3.68. The molecule has 0 aliphatic heterocycles. The number of benzene rings is 1. The monoisotopic (exact) mass is 211 g/mol. The molecule has 3 heteroatoms. The fourth-order valence-corrected chi connectivity index (χ4v) is 2.67. The molecule has 0 amide bonds. The van der Waals surface area contributed by atoms with E-state index in [2.05, 4.69) is 18.2 Å². The van der Waals surface area contributed by atoms with Gasteiger partial charge in [-0.3, -0.25) is 0 Å². The van der Waals surface area contributed by atoms with Gasteiger partial charge in [0.1, 0.15) is 0 Å². The minimum Gasteiger partial charge on any atom is -0.245 e. The Balaban J connectivity index is 3.43. The molecule has 0 aliphatic rings. The van der Waals surface area contributed by atoms with Crippen LogP contribution < -0.4 is 0 Å². The predicted octanol–water partition coefficient (Wildman–Crippen LogP) is 2.90. The molecule has 1 atom stereocenters. The van der Waals surface area contributed by atoms with E-state index in [1.165, 1.54) is 0 Å². The zero-order valence-electron chi connectivity index (χ0n) is 9.15. The molecule has 1 aromatic carbocycles. The van der Waals surface area contributed by atoms with Crippen LogP contribution in [0.4, 0.5) is 0 Å². The van der Waals surface area contributed by atoms with Gasteiger partial charge in [0.25, 0.3) is 0 Å². The van der Waals surface area contributed by atoms with E-state index in [1.54, 1.807) is 13.3 Å². The summed E-state index contributed by atoms with van der Waals surface area (Å²) in [5, 5.41) is 0. The van der Waals surface area contributed by atoms with Gasteiger partial charge in [-0.2, -0.15) is 0 Å². The Morgan fingerprint density at radius 3 is 2.36 bits per heavy atom. The van der Waals surface area contributed by atoms with Gasteiger partial charge in [-0.15, -0.1) is 0 Å². The van der Waals surface area contributed by atoms with Crippen LogP contribution in [0.15, 0.2) is 33.5 Å². The van der Waals surface area contributed by atoms with Gasteiger partial charge in [0, 0.05) is 13.3 Å². The molecule has 0 spiro atoms. The van der Waals surface area contributed by atoms with E-state index in [1.807, 2.05) is 24.3 Å². The van der Waals surface area contributed by atoms with Crippen LogP contribution in [0.3, 0.4) is 0 Å². The van der Waals surface area contributed by atoms with E-state index in [4.69, 9.17) is 0 Å². The Bertz CT molecular complexity index is 429. The Hall–Kier alpha value is -0.830. The minimum atomic E-state index is -2.20. The SMILES string of the molecule is CN=[S@@](C)(=O)c1ccccc1C(C)C. The minimum absolute atomic E-state index is 0.383. The smallest absolute Gasteiger partial charge is 0.0723 e. The molecule has 0 heterocycles. The highest BCUT2D eigenvalue weighted by Gasteiger charge is 2.12. The first-order valence-electron chi connectivity index (χ1n) is 4.68. The Labute approximate surface area is 86.5 Å². The van der Waals surface area contributed by atoms with Gasteiger partial charge >= 0.3 is 0 Å². The lowest BCUT2D eigenvalue weighted by Crippen LogP contribution is -2.03. The van der Waals surface area contributed by atoms with Gasteiger partial charge < -0.3 is 0 Å². The molecule has 0 saturated carbocycles. The number of rotatable bonds is 2. The maximum atomic E-state index is 12.1. The normalized spacial score (nSPS) is 15.2. The van der Waals surface area contributed by atoms with E-state index in [0.717, 1.165) is 10.5 Å². The average molecular weight is 211 g/mol. The fraction of sp³-hybridized carbons (Fsp3) is 0.455. The molecule has 0 unspecified atom stereocenters. The number of nitrogens with zero attached hydrogens (tertiary/aromatic N) is 1. The summed E-state index contributed by atoms with van der Waals surface area (Å²) < 4.78 is 16.1. The molecule has 0 fully saturated rings. The molecule has 1 aromatic rings. The highest BCUT2D eigenvalue weighted by Crippen LogP contribution is 2.24. The van der Waals surface area contributed by atoms with Crippen molar-refractivity contribution in [3.05, 3.63) is 29.8 Å². The van der Waals surface area contributed by atoms with Gasteiger partial charge in [0.15, 0.2) is 0 Å². The summed E-state index contributed by atoms with van der Waals surface area (Å²) in [7, 11) is -0.588. The van der Waals surface area contributed by atoms with Gasteiger partial charge in [-0.25, -0.2) is 8.57 Å². The van der Waals surface area contributed by atoms with Crippen molar-refractivity contribution in [3.8, 4) is 0 Å². The largest absolute Gasteiger partial charge is 0.245 e. The highest BCUT2D eigenvalue weighted by molar-refractivity contribution is 7.93. The fourth-order valence-electron chi connectivity index (χ4n) is 1.40. The summed E-state index contributed by atoms with van der Waals surface area (Å²) in [6, 6.07) is 7.82. The van der Waals surface area contributed by atoms with Crippen molar-refractivity contribution in [3.63, 3.8) is 0 Å². The molecule has 0 aromatic heterocycles. The van der Waals surface area contributed by atoms with Crippen LogP contribution in [0, 0.1) is 0 Å². The maximum Gasteiger partial charge on any atom is 0.0723 e. The third-order valence-electron chi connectivity index (χ3n) is 2.30. The molecule has 0 bridgehead atoms. The molecule has 14 heavy (non-hydrogen) atoms. The standard InChI is InChI=1S/C11H17NOS/c1-9(2)10-7-5-6-8-11(10)14(4,13)12-3/h5-9H,1-4H3/t14-/m0/s1. The van der Waals surface area contributed by atoms with Gasteiger partial charge in [-0.05, 0) is 17.5 Å². The Morgan fingerprint density at radius 1 is 1.29 bits per heavy atom. The van der Waals surface area contributed by atoms with Crippen LogP contribution in [0.25, 0.3) is 0 Å². The van der Waals surface area contributed by atoms with Gasteiger partial charge in [0.2, 0.25) is 0 Å². The third-order valence-corrected chi connectivity index (χ3v) is 4.18. The van der Waals surface area contributed by atoms with E-state index < -0.39 is 9.73 Å². The van der Waals surface area contributed by atoms with Crippen LogP contribution in [0.5, 0.6) is 0 Å². The van der Waals surface area contributed by atoms with Crippen molar-refractivity contribution in [2.75, 3.05) is 13.3 Å². The predicted molar refractivity (Wildman–Crippen MR) is 61.2 cm³/mol. The summed E-state index contributed by atoms with van der Waals surface area (Å²) in [4.78, 5) is 0.873. The first-order chi connectivity index (χ1) is 6.49. The van der Waals surface area contributed by atoms with Crippen molar-refractivity contribution in [2.24, 2.45) is 4.36 Å². The quantitative estimate of drug-likeness (QED) is 0.739. The van der Waals surface area contributed by atoms with Crippen LogP contribution >= 0.6 is 0 Å². The lowest BCUT2D eigenvalue weighted by atomic mass is 10.0. The molecule has 0 aliphatic carbocycles. The lowest BCUT2D eigenvalue weighted by Gasteiger charge is -2.12. The molecular formula is C11H17NOS. The second-order valence-corrected chi connectivity index (χ2v) is 6.09. The van der Waals surface area contributed by atoms with E-state index >= 15 is 0 Å². The van der Waals surface area contributed by atoms with Crippen LogP contribution in [0.1, 0.15) is 25.3 Å². The van der Waals surface area contributed by atoms with Crippen molar-refractivity contribution in [1.82, 2.24) is 0 Å². The Kier molecular flexibility index (Phi) is 3.32. The lowest BCUT2D eigenvalue weighted by molar-refractivity contribution is 0.677. The van der Waals surface area contributed by atoms with E-state index in [-0.39, 0.29) is 0 Å². The van der Waals surface area contributed by atoms with E-state index in [0.29, 0.717) is 5.92 Å². The first kappa shape index (κ1) is 11.2. The molecule has 1 rings (SSSR count). The zero-order chi connectivity index (χ0) is 10.8.